The molecule has 2 N–H and O–H groups in total. The van der Waals surface area contributed by atoms with E-state index in [0.717, 1.165) is 10.4 Å². The molecule has 0 amide bonds. The van der Waals surface area contributed by atoms with Gasteiger partial charge in [0.15, 0.2) is 11.5 Å². The summed E-state index contributed by atoms with van der Waals surface area (Å²) in [5, 5.41) is 3.88. The Morgan fingerprint density at radius 2 is 1.68 bits per heavy atom. The van der Waals surface area contributed by atoms with Gasteiger partial charge in [0.25, 0.3) is 10.0 Å². The molecule has 0 atom stereocenters. The van der Waals surface area contributed by atoms with Crippen LogP contribution < -0.4 is 19.7 Å². The Balaban J connectivity index is 1.64. The van der Waals surface area contributed by atoms with Gasteiger partial charge in [-0.3, -0.25) is 0 Å². The van der Waals surface area contributed by atoms with Crippen LogP contribution in [0.3, 0.4) is 0 Å². The van der Waals surface area contributed by atoms with Crippen LogP contribution in [-0.2, 0) is 26.1 Å². The Morgan fingerprint density at radius 1 is 1.03 bits per heavy atom. The van der Waals surface area contributed by atoms with E-state index in [2.05, 4.69) is 20.1 Å². The zero-order chi connectivity index (χ0) is 24.9. The lowest BCUT2D eigenvalue weighted by Crippen LogP contribution is -2.34. The van der Waals surface area contributed by atoms with Gasteiger partial charge < -0.3 is 19.6 Å². The fourth-order valence-corrected chi connectivity index (χ4v) is 3.66. The third-order valence-electron chi connectivity index (χ3n) is 4.56. The van der Waals surface area contributed by atoms with Gasteiger partial charge in [-0.05, 0) is 35.1 Å². The van der Waals surface area contributed by atoms with Gasteiger partial charge in [0.05, 0.1) is 24.6 Å². The summed E-state index contributed by atoms with van der Waals surface area (Å²) in [6, 6.07) is 8.78. The van der Waals surface area contributed by atoms with Crippen LogP contribution in [0.15, 0.2) is 47.6 Å². The summed E-state index contributed by atoms with van der Waals surface area (Å²) in [6.45, 7) is 0.425. The standard InChI is InChI=1S/C20H19F3N4O6S/c1-31-16-9-14-15(10-17(16)32-2)25-11-26-18(14)24-8-7-12-3-5-13(6-4-12)34(29,30)27-33-19(28)20(21,22)23/h3-6,9-11,27H,7-8H2,1-2H3,(H,24,25,26). The van der Waals surface area contributed by atoms with Crippen LogP contribution in [-0.4, -0.2) is 51.3 Å². The Morgan fingerprint density at radius 3 is 2.29 bits per heavy atom. The van der Waals surface area contributed by atoms with E-state index in [4.69, 9.17) is 9.47 Å². The fourth-order valence-electron chi connectivity index (χ4n) is 2.88. The monoisotopic (exact) mass is 500 g/mol. The number of hydrogen-bond acceptors (Lipinski definition) is 9. The lowest BCUT2D eigenvalue weighted by Gasteiger charge is -2.12. The van der Waals surface area contributed by atoms with E-state index in [-0.39, 0.29) is 4.90 Å². The van der Waals surface area contributed by atoms with Gasteiger partial charge in [-0.15, -0.1) is 0 Å². The number of carbonyl (C=O) groups excluding carboxylic acids is 1. The van der Waals surface area contributed by atoms with Crippen molar-refractivity contribution in [2.45, 2.75) is 17.5 Å². The van der Waals surface area contributed by atoms with Crippen molar-refractivity contribution in [3.05, 3.63) is 48.3 Å². The van der Waals surface area contributed by atoms with E-state index in [1.807, 2.05) is 0 Å². The Hall–Kier alpha value is -3.65. The van der Waals surface area contributed by atoms with Crippen molar-refractivity contribution >= 4 is 32.7 Å². The number of sulfonamides is 1. The Labute approximate surface area is 192 Å². The number of alkyl halides is 3. The van der Waals surface area contributed by atoms with Crippen LogP contribution in [0, 0.1) is 0 Å². The molecule has 0 spiro atoms. The minimum Gasteiger partial charge on any atom is -0.493 e. The van der Waals surface area contributed by atoms with E-state index >= 15 is 0 Å². The van der Waals surface area contributed by atoms with Crippen molar-refractivity contribution in [2.24, 2.45) is 0 Å². The van der Waals surface area contributed by atoms with Gasteiger partial charge >= 0.3 is 12.1 Å². The molecule has 0 aliphatic carbocycles. The highest BCUT2D eigenvalue weighted by molar-refractivity contribution is 7.89. The zero-order valence-corrected chi connectivity index (χ0v) is 18.7. The molecule has 3 rings (SSSR count). The number of aromatic nitrogens is 2. The number of hydrogen-bond donors (Lipinski definition) is 2. The summed E-state index contributed by atoms with van der Waals surface area (Å²) in [7, 11) is -1.45. The normalized spacial score (nSPS) is 11.8. The third-order valence-corrected chi connectivity index (χ3v) is 5.75. The molecule has 3 aromatic rings. The van der Waals surface area contributed by atoms with Crippen LogP contribution in [0.5, 0.6) is 11.5 Å². The minimum absolute atomic E-state index is 0.373. The highest BCUT2D eigenvalue weighted by Gasteiger charge is 2.42. The first-order valence-corrected chi connectivity index (χ1v) is 11.0. The average Bonchev–Trinajstić information content (AvgIpc) is 2.81. The first kappa shape index (κ1) is 25.0. The fraction of sp³-hybridized carbons (Fsp3) is 0.250. The van der Waals surface area contributed by atoms with Crippen LogP contribution in [0.4, 0.5) is 19.0 Å². The predicted octanol–water partition coefficient (Wildman–Crippen LogP) is 2.60. The van der Waals surface area contributed by atoms with Crippen LogP contribution in [0.2, 0.25) is 0 Å². The molecule has 0 unspecified atom stereocenters. The predicted molar refractivity (Wildman–Crippen MR) is 114 cm³/mol. The number of benzene rings is 2. The highest BCUT2D eigenvalue weighted by atomic mass is 32.2. The van der Waals surface area contributed by atoms with E-state index in [1.165, 1.54) is 44.8 Å². The van der Waals surface area contributed by atoms with Crippen molar-refractivity contribution in [1.29, 1.82) is 0 Å². The van der Waals surface area contributed by atoms with Gasteiger partial charge in [0, 0.05) is 18.0 Å². The molecule has 2 aromatic carbocycles. The lowest BCUT2D eigenvalue weighted by atomic mass is 10.1. The van der Waals surface area contributed by atoms with Crippen LogP contribution in [0.25, 0.3) is 10.9 Å². The maximum atomic E-state index is 12.1. The third kappa shape index (κ3) is 5.82. The topological polar surface area (TPSA) is 129 Å². The summed E-state index contributed by atoms with van der Waals surface area (Å²) in [6.07, 6.45) is -3.46. The average molecular weight is 500 g/mol. The van der Waals surface area contributed by atoms with E-state index in [0.29, 0.717) is 41.2 Å². The second kappa shape index (κ2) is 10.1. The van der Waals surface area contributed by atoms with Crippen molar-refractivity contribution in [1.82, 2.24) is 14.9 Å². The number of rotatable bonds is 9. The van der Waals surface area contributed by atoms with Crippen molar-refractivity contribution in [3.63, 3.8) is 0 Å². The summed E-state index contributed by atoms with van der Waals surface area (Å²) < 4.78 is 71.0. The van der Waals surface area contributed by atoms with Gasteiger partial charge in [-0.2, -0.15) is 13.2 Å². The van der Waals surface area contributed by atoms with E-state index < -0.39 is 22.2 Å². The molecule has 0 radical (unpaired) electrons. The Kier molecular flexibility index (Phi) is 7.41. The molecule has 10 nitrogen and oxygen atoms in total. The molecule has 182 valence electrons. The maximum absolute atomic E-state index is 12.1. The SMILES string of the molecule is COc1cc2ncnc(NCCc3ccc(S(=O)(=O)NOC(=O)C(F)(F)F)cc3)c2cc1OC. The quantitative estimate of drug-likeness (QED) is 0.426. The second-order valence-electron chi connectivity index (χ2n) is 6.74. The molecule has 0 saturated carbocycles. The molecule has 0 aliphatic heterocycles. The minimum atomic E-state index is -5.33. The summed E-state index contributed by atoms with van der Waals surface area (Å²) in [5.41, 5.74) is 1.37. The molecule has 1 heterocycles. The molecular weight excluding hydrogens is 481 g/mol. The van der Waals surface area contributed by atoms with Crippen LogP contribution in [0.1, 0.15) is 5.56 Å². The van der Waals surface area contributed by atoms with Gasteiger partial charge in [0.1, 0.15) is 12.1 Å². The first-order valence-electron chi connectivity index (χ1n) is 9.54. The summed E-state index contributed by atoms with van der Waals surface area (Å²) in [5.74, 6) is -1.08. The molecule has 0 bridgehead atoms. The van der Waals surface area contributed by atoms with Crippen molar-refractivity contribution in [3.8, 4) is 11.5 Å². The van der Waals surface area contributed by atoms with Crippen LogP contribution >= 0.6 is 0 Å². The number of ether oxygens (including phenoxy) is 2. The number of methoxy groups -OCH3 is 2. The number of halogens is 3. The van der Waals surface area contributed by atoms with Crippen molar-refractivity contribution in [2.75, 3.05) is 26.1 Å². The Bertz CT molecular complexity index is 1280. The molecule has 34 heavy (non-hydrogen) atoms. The maximum Gasteiger partial charge on any atom is 0.492 e. The summed E-state index contributed by atoms with van der Waals surface area (Å²) in [4.78, 5) is 23.5. The summed E-state index contributed by atoms with van der Waals surface area (Å²) >= 11 is 0. The van der Waals surface area contributed by atoms with Crippen molar-refractivity contribution < 1.29 is 40.7 Å². The largest absolute Gasteiger partial charge is 0.493 e. The van der Waals surface area contributed by atoms with E-state index in [1.54, 1.807) is 12.1 Å². The first-order chi connectivity index (χ1) is 16.0. The number of fused-ring (bicyclic) bond motifs is 1. The number of anilines is 1. The number of carbonyl (C=O) groups is 1. The highest BCUT2D eigenvalue weighted by Crippen LogP contribution is 2.33. The van der Waals surface area contributed by atoms with E-state index in [9.17, 15) is 26.4 Å². The number of nitrogens with one attached hydrogen (secondary N) is 2. The molecule has 0 saturated heterocycles. The van der Waals surface area contributed by atoms with Gasteiger partial charge in [0.2, 0.25) is 0 Å². The molecular formula is C20H19F3N4O6S. The number of nitrogens with zero attached hydrogens (tertiary/aromatic N) is 2. The van der Waals surface area contributed by atoms with Gasteiger partial charge in [-0.1, -0.05) is 12.1 Å². The molecule has 0 aliphatic rings. The molecule has 0 fully saturated rings. The smallest absolute Gasteiger partial charge is 0.492 e. The zero-order valence-electron chi connectivity index (χ0n) is 17.8. The molecule has 14 heteroatoms. The second-order valence-corrected chi connectivity index (χ2v) is 8.39. The molecule has 1 aromatic heterocycles. The van der Waals surface area contributed by atoms with Gasteiger partial charge in [-0.25, -0.2) is 23.2 Å². The lowest BCUT2D eigenvalue weighted by molar-refractivity contribution is -0.203.